The predicted octanol–water partition coefficient (Wildman–Crippen LogP) is 1.70. The number of nitrogens with zero attached hydrogens (tertiary/aromatic N) is 3. The first-order valence-electron chi connectivity index (χ1n) is 5.71. The Kier molecular flexibility index (Phi) is 3.46. The van der Waals surface area contributed by atoms with Crippen molar-refractivity contribution in [3.8, 4) is 0 Å². The van der Waals surface area contributed by atoms with E-state index in [-0.39, 0.29) is 17.9 Å². The number of carboxylic acid groups (broad SMARTS) is 1. The Morgan fingerprint density at radius 3 is 2.68 bits per heavy atom. The molecule has 0 aliphatic rings. The van der Waals surface area contributed by atoms with Crippen molar-refractivity contribution in [2.24, 2.45) is 0 Å². The molecule has 0 fully saturated rings. The summed E-state index contributed by atoms with van der Waals surface area (Å²) in [7, 11) is 0. The molecule has 0 aliphatic heterocycles. The van der Waals surface area contributed by atoms with E-state index in [0.717, 1.165) is 0 Å². The number of hydrogen-bond donors (Lipinski definition) is 2. The molecule has 19 heavy (non-hydrogen) atoms. The second-order valence-electron chi connectivity index (χ2n) is 4.16. The molecule has 100 valence electrons. The summed E-state index contributed by atoms with van der Waals surface area (Å²) in [6.07, 6.45) is 1.60. The van der Waals surface area contributed by atoms with Crippen LogP contribution >= 0.6 is 0 Å². The number of aromatic carboxylic acids is 1. The highest BCUT2D eigenvalue weighted by Gasteiger charge is 2.17. The average molecular weight is 262 g/mol. The molecule has 0 bridgehead atoms. The SMILES string of the molecule is Cc1cnc(CNc2nnc(C)c(C)c2C(=O)O)o1. The van der Waals surface area contributed by atoms with E-state index in [1.807, 2.05) is 0 Å². The Balaban J connectivity index is 2.25. The molecule has 0 spiro atoms. The maximum Gasteiger partial charge on any atom is 0.339 e. The molecular formula is C12H14N4O3. The van der Waals surface area contributed by atoms with Gasteiger partial charge in [0.2, 0.25) is 5.89 Å². The number of anilines is 1. The molecule has 0 radical (unpaired) electrons. The van der Waals surface area contributed by atoms with Gasteiger partial charge in [0.1, 0.15) is 11.3 Å². The van der Waals surface area contributed by atoms with E-state index in [2.05, 4.69) is 20.5 Å². The molecule has 0 aromatic carbocycles. The number of aryl methyl sites for hydroxylation is 2. The van der Waals surface area contributed by atoms with Crippen LogP contribution in [0.25, 0.3) is 0 Å². The van der Waals surface area contributed by atoms with Crippen molar-refractivity contribution in [3.63, 3.8) is 0 Å². The molecule has 2 rings (SSSR count). The van der Waals surface area contributed by atoms with Gasteiger partial charge in [-0.15, -0.1) is 5.10 Å². The standard InChI is InChI=1S/C12H14N4O3/c1-6-4-13-9(19-6)5-14-11-10(12(17)18)7(2)8(3)15-16-11/h4H,5H2,1-3H3,(H,14,16)(H,17,18). The lowest BCUT2D eigenvalue weighted by molar-refractivity contribution is 0.0696. The van der Waals surface area contributed by atoms with Crippen LogP contribution in [-0.4, -0.2) is 26.3 Å². The minimum Gasteiger partial charge on any atom is -0.478 e. The van der Waals surface area contributed by atoms with E-state index >= 15 is 0 Å². The number of aromatic nitrogens is 3. The normalized spacial score (nSPS) is 10.5. The number of carbonyl (C=O) groups is 1. The molecule has 2 heterocycles. The predicted molar refractivity (Wildman–Crippen MR) is 67.0 cm³/mol. The smallest absolute Gasteiger partial charge is 0.339 e. The van der Waals surface area contributed by atoms with Crippen molar-refractivity contribution >= 4 is 11.8 Å². The van der Waals surface area contributed by atoms with Gasteiger partial charge in [0.25, 0.3) is 0 Å². The van der Waals surface area contributed by atoms with Gasteiger partial charge in [0.05, 0.1) is 18.4 Å². The first-order valence-corrected chi connectivity index (χ1v) is 5.71. The van der Waals surface area contributed by atoms with Crippen LogP contribution in [0, 0.1) is 20.8 Å². The maximum absolute atomic E-state index is 11.3. The number of rotatable bonds is 4. The summed E-state index contributed by atoms with van der Waals surface area (Å²) in [5.41, 5.74) is 1.30. The van der Waals surface area contributed by atoms with Crippen LogP contribution in [0.2, 0.25) is 0 Å². The lowest BCUT2D eigenvalue weighted by atomic mass is 10.1. The molecule has 2 aromatic heterocycles. The van der Waals surface area contributed by atoms with Gasteiger partial charge in [-0.2, -0.15) is 5.10 Å². The summed E-state index contributed by atoms with van der Waals surface area (Å²) in [5.74, 6) is 0.336. The number of nitrogens with one attached hydrogen (secondary N) is 1. The van der Waals surface area contributed by atoms with E-state index in [1.165, 1.54) is 0 Å². The monoisotopic (exact) mass is 262 g/mol. The third-order valence-corrected chi connectivity index (χ3v) is 2.74. The Morgan fingerprint density at radius 1 is 1.37 bits per heavy atom. The van der Waals surface area contributed by atoms with Crippen molar-refractivity contribution < 1.29 is 14.3 Å². The van der Waals surface area contributed by atoms with Gasteiger partial charge >= 0.3 is 5.97 Å². The van der Waals surface area contributed by atoms with E-state index < -0.39 is 5.97 Å². The van der Waals surface area contributed by atoms with Gasteiger partial charge in [-0.1, -0.05) is 0 Å². The minimum atomic E-state index is -1.04. The van der Waals surface area contributed by atoms with Crippen LogP contribution in [-0.2, 0) is 6.54 Å². The second-order valence-corrected chi connectivity index (χ2v) is 4.16. The number of carboxylic acids is 1. The van der Waals surface area contributed by atoms with Crippen LogP contribution in [0.4, 0.5) is 5.82 Å². The van der Waals surface area contributed by atoms with Gasteiger partial charge < -0.3 is 14.8 Å². The fourth-order valence-corrected chi connectivity index (χ4v) is 1.64. The Hall–Kier alpha value is -2.44. The van der Waals surface area contributed by atoms with Crippen LogP contribution in [0.1, 0.15) is 33.3 Å². The van der Waals surface area contributed by atoms with Crippen molar-refractivity contribution in [3.05, 3.63) is 34.7 Å². The molecule has 0 unspecified atom stereocenters. The van der Waals surface area contributed by atoms with Crippen LogP contribution in [0.5, 0.6) is 0 Å². The van der Waals surface area contributed by atoms with Gasteiger partial charge in [0, 0.05) is 0 Å². The Bertz CT molecular complexity index is 621. The van der Waals surface area contributed by atoms with Crippen molar-refractivity contribution in [2.45, 2.75) is 27.3 Å². The van der Waals surface area contributed by atoms with E-state index in [1.54, 1.807) is 27.0 Å². The summed E-state index contributed by atoms with van der Waals surface area (Å²) >= 11 is 0. The van der Waals surface area contributed by atoms with Crippen molar-refractivity contribution in [1.82, 2.24) is 15.2 Å². The van der Waals surface area contributed by atoms with Crippen LogP contribution in [0.3, 0.4) is 0 Å². The zero-order chi connectivity index (χ0) is 14.0. The van der Waals surface area contributed by atoms with Crippen molar-refractivity contribution in [2.75, 3.05) is 5.32 Å². The zero-order valence-electron chi connectivity index (χ0n) is 10.9. The molecule has 0 atom stereocenters. The first kappa shape index (κ1) is 13.0. The summed E-state index contributed by atoms with van der Waals surface area (Å²) in [5, 5.41) is 19.9. The average Bonchev–Trinajstić information content (AvgIpc) is 2.76. The van der Waals surface area contributed by atoms with Gasteiger partial charge in [0.15, 0.2) is 5.82 Å². The van der Waals surface area contributed by atoms with E-state index in [9.17, 15) is 9.90 Å². The lowest BCUT2D eigenvalue weighted by Crippen LogP contribution is -2.13. The topological polar surface area (TPSA) is 101 Å². The summed E-state index contributed by atoms with van der Waals surface area (Å²) in [4.78, 5) is 15.3. The van der Waals surface area contributed by atoms with Gasteiger partial charge in [-0.25, -0.2) is 9.78 Å². The van der Waals surface area contributed by atoms with Crippen molar-refractivity contribution in [1.29, 1.82) is 0 Å². The highest BCUT2D eigenvalue weighted by molar-refractivity contribution is 5.94. The maximum atomic E-state index is 11.3. The van der Waals surface area contributed by atoms with Crippen LogP contribution in [0.15, 0.2) is 10.6 Å². The fourth-order valence-electron chi connectivity index (χ4n) is 1.64. The molecule has 0 amide bonds. The Labute approximate surface area is 109 Å². The summed E-state index contributed by atoms with van der Waals surface area (Å²) in [6, 6.07) is 0. The molecule has 0 saturated heterocycles. The van der Waals surface area contributed by atoms with E-state index in [0.29, 0.717) is 22.9 Å². The largest absolute Gasteiger partial charge is 0.478 e. The van der Waals surface area contributed by atoms with Gasteiger partial charge in [-0.3, -0.25) is 0 Å². The highest BCUT2D eigenvalue weighted by atomic mass is 16.4. The zero-order valence-corrected chi connectivity index (χ0v) is 10.9. The molecule has 2 N–H and O–H groups in total. The third kappa shape index (κ3) is 2.70. The van der Waals surface area contributed by atoms with Gasteiger partial charge in [-0.05, 0) is 26.3 Å². The first-order chi connectivity index (χ1) is 8.99. The highest BCUT2D eigenvalue weighted by Crippen LogP contribution is 2.19. The Morgan fingerprint density at radius 2 is 2.11 bits per heavy atom. The summed E-state index contributed by atoms with van der Waals surface area (Å²) < 4.78 is 5.29. The lowest BCUT2D eigenvalue weighted by Gasteiger charge is -2.09. The number of hydrogen-bond acceptors (Lipinski definition) is 6. The number of oxazole rings is 1. The summed E-state index contributed by atoms with van der Waals surface area (Å²) in [6.45, 7) is 5.46. The van der Waals surface area contributed by atoms with E-state index in [4.69, 9.17) is 4.42 Å². The molecule has 7 nitrogen and oxygen atoms in total. The molecule has 0 aliphatic carbocycles. The second kappa shape index (κ2) is 5.05. The molecule has 2 aromatic rings. The minimum absolute atomic E-state index is 0.121. The third-order valence-electron chi connectivity index (χ3n) is 2.74. The quantitative estimate of drug-likeness (QED) is 0.864. The van der Waals surface area contributed by atoms with Crippen LogP contribution < -0.4 is 5.32 Å². The molecular weight excluding hydrogens is 248 g/mol. The molecule has 7 heteroatoms. The molecule has 0 saturated carbocycles. The fraction of sp³-hybridized carbons (Fsp3) is 0.333.